The first-order chi connectivity index (χ1) is 12.4. The highest BCUT2D eigenvalue weighted by atomic mass is 127. The Morgan fingerprint density at radius 1 is 1.48 bits per heavy atom. The van der Waals surface area contributed by atoms with E-state index in [2.05, 4.69) is 44.9 Å². The van der Waals surface area contributed by atoms with Gasteiger partial charge < -0.3 is 9.16 Å². The average Bonchev–Trinajstić information content (AvgIpc) is 2.91. The van der Waals surface area contributed by atoms with Crippen LogP contribution >= 0.6 is 22.6 Å². The Bertz CT molecular complexity index is 892. The summed E-state index contributed by atoms with van der Waals surface area (Å²) < 4.78 is 14.5. The fourth-order valence-electron chi connectivity index (χ4n) is 2.64. The van der Waals surface area contributed by atoms with Crippen LogP contribution in [0.25, 0.3) is 0 Å². The van der Waals surface area contributed by atoms with Crippen molar-refractivity contribution in [3.8, 4) is 6.07 Å². The normalized spacial score (nSPS) is 24.1. The molecule has 0 spiro atoms. The van der Waals surface area contributed by atoms with E-state index in [1.165, 1.54) is 10.8 Å². The summed E-state index contributed by atoms with van der Waals surface area (Å²) >= 11 is 1.96. The van der Waals surface area contributed by atoms with E-state index < -0.39 is 31.9 Å². The van der Waals surface area contributed by atoms with Gasteiger partial charge in [0.15, 0.2) is 8.32 Å². The molecule has 0 amide bonds. The Labute approximate surface area is 173 Å². The van der Waals surface area contributed by atoms with Crippen molar-refractivity contribution in [2.45, 2.75) is 70.7 Å². The molecular weight excluding hydrogens is 477 g/mol. The topological polar surface area (TPSA) is 97.1 Å². The maximum Gasteiger partial charge on any atom is 0.330 e. The molecule has 1 N–H and O–H groups in total. The van der Waals surface area contributed by atoms with Gasteiger partial charge in [0.05, 0.1) is 9.68 Å². The molecule has 1 aromatic rings. The first-order valence-corrected chi connectivity index (χ1v) is 12.8. The van der Waals surface area contributed by atoms with Crippen molar-refractivity contribution in [1.82, 2.24) is 9.55 Å². The van der Waals surface area contributed by atoms with E-state index in [4.69, 9.17) is 14.4 Å². The average molecular weight is 503 g/mol. The summed E-state index contributed by atoms with van der Waals surface area (Å²) in [4.78, 5) is 26.2. The molecule has 1 saturated heterocycles. The number of aryl methyl sites for hydroxylation is 1. The van der Waals surface area contributed by atoms with Crippen molar-refractivity contribution in [3.63, 3.8) is 0 Å². The van der Waals surface area contributed by atoms with Crippen LogP contribution in [0, 0.1) is 18.3 Å². The zero-order chi connectivity index (χ0) is 20.6. The zero-order valence-corrected chi connectivity index (χ0v) is 19.7. The van der Waals surface area contributed by atoms with E-state index in [0.717, 1.165) is 0 Å². The molecule has 7 nitrogen and oxygen atoms in total. The van der Waals surface area contributed by atoms with E-state index in [9.17, 15) is 9.59 Å². The minimum absolute atomic E-state index is 0.0210. The van der Waals surface area contributed by atoms with Crippen LogP contribution in [-0.2, 0) is 9.16 Å². The van der Waals surface area contributed by atoms with Crippen LogP contribution < -0.4 is 11.2 Å². The molecule has 1 aliphatic rings. The Kier molecular flexibility index (Phi) is 6.56. The maximum atomic E-state index is 12.2. The molecule has 148 valence electrons. The second-order valence-corrected chi connectivity index (χ2v) is 14.2. The summed E-state index contributed by atoms with van der Waals surface area (Å²) in [5, 5.41) is 9.15. The first kappa shape index (κ1) is 22.1. The van der Waals surface area contributed by atoms with Crippen molar-refractivity contribution < 1.29 is 9.16 Å². The van der Waals surface area contributed by atoms with Crippen LogP contribution in [0.5, 0.6) is 0 Å². The second-order valence-electron chi connectivity index (χ2n) is 8.31. The molecule has 2 rings (SSSR count). The van der Waals surface area contributed by atoms with E-state index in [-0.39, 0.29) is 11.1 Å². The summed E-state index contributed by atoms with van der Waals surface area (Å²) in [6.07, 6.45) is 2.45. The summed E-state index contributed by atoms with van der Waals surface area (Å²) in [5.74, 6) is 0. The highest BCUT2D eigenvalue weighted by Crippen LogP contribution is 2.41. The SMILES string of the molecule is Cc1cn([C@H]2C[C@H](O[Si](C)(C)C(C)(C)C)[C@@H](/C=C(\I)C#N)O2)c(=O)[nH]c1=O. The third-order valence-corrected chi connectivity index (χ3v) is 10.3. The Morgan fingerprint density at radius 3 is 2.67 bits per heavy atom. The Hall–Kier alpha value is -1.22. The summed E-state index contributed by atoms with van der Waals surface area (Å²) in [6.45, 7) is 12.4. The summed E-state index contributed by atoms with van der Waals surface area (Å²) in [5.41, 5.74) is -0.481. The van der Waals surface area contributed by atoms with Crippen molar-refractivity contribution in [2.75, 3.05) is 0 Å². The van der Waals surface area contributed by atoms with Crippen LogP contribution in [0.15, 0.2) is 25.4 Å². The lowest BCUT2D eigenvalue weighted by molar-refractivity contribution is 0.00633. The van der Waals surface area contributed by atoms with Crippen LogP contribution in [0.3, 0.4) is 0 Å². The number of rotatable bonds is 4. The number of hydrogen-bond acceptors (Lipinski definition) is 5. The summed E-state index contributed by atoms with van der Waals surface area (Å²) in [6, 6.07) is 2.10. The van der Waals surface area contributed by atoms with Gasteiger partial charge in [-0.15, -0.1) is 0 Å². The van der Waals surface area contributed by atoms with Gasteiger partial charge in [-0.25, -0.2) is 4.79 Å². The number of ether oxygens (including phenoxy) is 1. The van der Waals surface area contributed by atoms with E-state index in [1.807, 2.05) is 22.6 Å². The smallest absolute Gasteiger partial charge is 0.330 e. The third-order valence-electron chi connectivity index (χ3n) is 5.24. The predicted molar refractivity (Wildman–Crippen MR) is 114 cm³/mol. The minimum atomic E-state index is -2.08. The van der Waals surface area contributed by atoms with E-state index >= 15 is 0 Å². The van der Waals surface area contributed by atoms with Crippen LogP contribution in [0.4, 0.5) is 0 Å². The van der Waals surface area contributed by atoms with E-state index in [0.29, 0.717) is 15.6 Å². The van der Waals surface area contributed by atoms with Crippen molar-refractivity contribution in [1.29, 1.82) is 5.26 Å². The lowest BCUT2D eigenvalue weighted by atomic mass is 10.1. The fraction of sp³-hybridized carbons (Fsp3) is 0.611. The van der Waals surface area contributed by atoms with Crippen LogP contribution in [0.2, 0.25) is 18.1 Å². The monoisotopic (exact) mass is 503 g/mol. The zero-order valence-electron chi connectivity index (χ0n) is 16.5. The number of aromatic amines is 1. The molecule has 1 fully saturated rings. The standard InChI is InChI=1S/C18H26IN3O4Si/c1-11-10-22(17(24)21-16(11)23)15-8-14(13(25-15)7-12(19)9-20)26-27(5,6)18(2,3)4/h7,10,13-15H,8H2,1-6H3,(H,21,23,24)/b12-7-/t13-,14+,15-/m1/s1. The van der Waals surface area contributed by atoms with Crippen LogP contribution in [-0.4, -0.2) is 30.1 Å². The van der Waals surface area contributed by atoms with E-state index in [1.54, 1.807) is 13.0 Å². The van der Waals surface area contributed by atoms with Gasteiger partial charge in [0.2, 0.25) is 0 Å². The lowest BCUT2D eigenvalue weighted by Crippen LogP contribution is -2.45. The quantitative estimate of drug-likeness (QED) is 0.386. The minimum Gasteiger partial charge on any atom is -0.411 e. The van der Waals surface area contributed by atoms with Gasteiger partial charge >= 0.3 is 5.69 Å². The molecule has 9 heteroatoms. The number of nitriles is 1. The van der Waals surface area contributed by atoms with Gasteiger partial charge in [-0.3, -0.25) is 14.3 Å². The number of hydrogen-bond donors (Lipinski definition) is 1. The molecule has 2 heterocycles. The molecule has 0 unspecified atom stereocenters. The number of H-pyrrole nitrogens is 1. The number of halogens is 1. The fourth-order valence-corrected chi connectivity index (χ4v) is 4.33. The van der Waals surface area contributed by atoms with Crippen molar-refractivity contribution in [3.05, 3.63) is 42.3 Å². The van der Waals surface area contributed by atoms with Gasteiger partial charge in [-0.1, -0.05) is 20.8 Å². The second kappa shape index (κ2) is 8.03. The number of nitrogens with zero attached hydrogens (tertiary/aromatic N) is 2. The van der Waals surface area contributed by atoms with Gasteiger partial charge in [0.1, 0.15) is 18.4 Å². The molecule has 1 aromatic heterocycles. The Balaban J connectivity index is 2.38. The molecule has 0 saturated carbocycles. The molecule has 0 bridgehead atoms. The number of aromatic nitrogens is 2. The van der Waals surface area contributed by atoms with Crippen LogP contribution in [0.1, 0.15) is 39.0 Å². The van der Waals surface area contributed by atoms with Gasteiger partial charge in [-0.05, 0) is 53.7 Å². The van der Waals surface area contributed by atoms with Crippen molar-refractivity contribution in [2.24, 2.45) is 0 Å². The highest BCUT2D eigenvalue weighted by molar-refractivity contribution is 14.1. The Morgan fingerprint density at radius 2 is 2.11 bits per heavy atom. The molecule has 0 radical (unpaired) electrons. The molecule has 27 heavy (non-hydrogen) atoms. The molecule has 3 atom stereocenters. The van der Waals surface area contributed by atoms with Gasteiger partial charge in [0.25, 0.3) is 5.56 Å². The number of allylic oxidation sites excluding steroid dienone is 1. The van der Waals surface area contributed by atoms with Gasteiger partial charge in [0, 0.05) is 18.2 Å². The lowest BCUT2D eigenvalue weighted by Gasteiger charge is -2.39. The molecule has 0 aromatic carbocycles. The highest BCUT2D eigenvalue weighted by Gasteiger charge is 2.44. The first-order valence-electron chi connectivity index (χ1n) is 8.78. The number of nitrogens with one attached hydrogen (secondary N) is 1. The molecule has 1 aliphatic heterocycles. The summed E-state index contributed by atoms with van der Waals surface area (Å²) in [7, 11) is -2.08. The molecular formula is C18H26IN3O4Si. The van der Waals surface area contributed by atoms with Crippen molar-refractivity contribution >= 4 is 30.9 Å². The molecule has 0 aliphatic carbocycles. The van der Waals surface area contributed by atoms with Gasteiger partial charge in [-0.2, -0.15) is 5.26 Å². The maximum absolute atomic E-state index is 12.2. The third kappa shape index (κ3) is 4.99. The predicted octanol–water partition coefficient (Wildman–Crippen LogP) is 3.37. The largest absolute Gasteiger partial charge is 0.411 e.